The van der Waals surface area contributed by atoms with E-state index in [0.29, 0.717) is 0 Å². The zero-order valence-electron chi connectivity index (χ0n) is 11.0. The van der Waals surface area contributed by atoms with Gasteiger partial charge in [-0.15, -0.1) is 11.3 Å². The first-order valence-corrected chi connectivity index (χ1v) is 7.54. The molecule has 0 bridgehead atoms. The topological polar surface area (TPSA) is 39.2 Å². The third-order valence-electron chi connectivity index (χ3n) is 3.90. The summed E-state index contributed by atoms with van der Waals surface area (Å²) >= 11 is 1.72. The molecular formula is C15H17NO2S. The van der Waals surface area contributed by atoms with Crippen LogP contribution in [0.5, 0.6) is 0 Å². The molecule has 2 atom stereocenters. The highest BCUT2D eigenvalue weighted by atomic mass is 32.1. The summed E-state index contributed by atoms with van der Waals surface area (Å²) in [7, 11) is 1.48. The molecule has 100 valence electrons. The number of nitrogens with zero attached hydrogens (tertiary/aromatic N) is 1. The van der Waals surface area contributed by atoms with Crippen molar-refractivity contribution in [3.63, 3.8) is 0 Å². The molecule has 3 rings (SSSR count). The average molecular weight is 275 g/mol. The molecule has 1 fully saturated rings. The van der Waals surface area contributed by atoms with E-state index in [1.807, 2.05) is 18.2 Å². The number of fused-ring (bicyclic) bond motifs is 1. The van der Waals surface area contributed by atoms with Crippen LogP contribution in [0.4, 0.5) is 0 Å². The monoisotopic (exact) mass is 275 g/mol. The first kappa shape index (κ1) is 12.6. The van der Waals surface area contributed by atoms with Gasteiger partial charge >= 0.3 is 5.97 Å². The first-order valence-electron chi connectivity index (χ1n) is 6.73. The Morgan fingerprint density at radius 1 is 1.32 bits per heavy atom. The molecule has 1 aromatic carbocycles. The Balaban J connectivity index is 1.95. The van der Waals surface area contributed by atoms with Crippen molar-refractivity contribution in [1.82, 2.24) is 4.98 Å². The second-order valence-electron chi connectivity index (χ2n) is 5.04. The minimum absolute atomic E-state index is 0.0145. The molecule has 3 nitrogen and oxygen atoms in total. The quantitative estimate of drug-likeness (QED) is 0.784. The number of carbonyl (C=O) groups is 1. The third kappa shape index (κ3) is 2.37. The molecule has 0 amide bonds. The summed E-state index contributed by atoms with van der Waals surface area (Å²) in [5.74, 6) is 0.141. The lowest BCUT2D eigenvalue weighted by Gasteiger charge is -2.27. The number of methoxy groups -OCH3 is 1. The van der Waals surface area contributed by atoms with Crippen molar-refractivity contribution in [3.8, 4) is 0 Å². The van der Waals surface area contributed by atoms with E-state index in [2.05, 4.69) is 6.07 Å². The normalized spacial score (nSPS) is 23.4. The SMILES string of the molecule is COC(=O)[C@H]1CCCC[C@@H]1c1nc2ccccc2s1. The van der Waals surface area contributed by atoms with Gasteiger partial charge in [-0.2, -0.15) is 0 Å². The lowest BCUT2D eigenvalue weighted by Crippen LogP contribution is -2.26. The van der Waals surface area contributed by atoms with Gasteiger partial charge in [0.2, 0.25) is 0 Å². The highest BCUT2D eigenvalue weighted by Crippen LogP contribution is 2.41. The summed E-state index contributed by atoms with van der Waals surface area (Å²) in [4.78, 5) is 16.6. The molecule has 0 aliphatic heterocycles. The Morgan fingerprint density at radius 3 is 2.89 bits per heavy atom. The van der Waals surface area contributed by atoms with E-state index in [1.165, 1.54) is 18.2 Å². The Labute approximate surface area is 116 Å². The minimum atomic E-state index is -0.0797. The summed E-state index contributed by atoms with van der Waals surface area (Å²) in [6, 6.07) is 8.16. The molecule has 4 heteroatoms. The second kappa shape index (κ2) is 5.29. The number of hydrogen-bond donors (Lipinski definition) is 0. The molecule has 0 radical (unpaired) electrons. The van der Waals surface area contributed by atoms with E-state index >= 15 is 0 Å². The van der Waals surface area contributed by atoms with Crippen molar-refractivity contribution < 1.29 is 9.53 Å². The fourth-order valence-electron chi connectivity index (χ4n) is 2.91. The van der Waals surface area contributed by atoms with Crippen LogP contribution in [-0.2, 0) is 9.53 Å². The average Bonchev–Trinajstić information content (AvgIpc) is 2.90. The molecule has 0 unspecified atom stereocenters. The van der Waals surface area contributed by atoms with Crippen molar-refractivity contribution in [1.29, 1.82) is 0 Å². The fraction of sp³-hybridized carbons (Fsp3) is 0.467. The lowest BCUT2D eigenvalue weighted by molar-refractivity contribution is -0.147. The van der Waals surface area contributed by atoms with Crippen molar-refractivity contribution in [2.75, 3.05) is 7.11 Å². The maximum absolute atomic E-state index is 11.9. The number of esters is 1. The standard InChI is InChI=1S/C15H17NO2S/c1-18-15(17)11-7-3-2-6-10(11)14-16-12-8-4-5-9-13(12)19-14/h4-5,8-11H,2-3,6-7H2,1H3/t10-,11-/m0/s1. The fourth-order valence-corrected chi connectivity index (χ4v) is 4.08. The van der Waals surface area contributed by atoms with E-state index in [-0.39, 0.29) is 17.8 Å². The van der Waals surface area contributed by atoms with E-state index in [4.69, 9.17) is 9.72 Å². The minimum Gasteiger partial charge on any atom is -0.469 e. The van der Waals surface area contributed by atoms with Crippen LogP contribution in [0.1, 0.15) is 36.6 Å². The summed E-state index contributed by atoms with van der Waals surface area (Å²) < 4.78 is 6.15. The van der Waals surface area contributed by atoms with Gasteiger partial charge in [-0.3, -0.25) is 4.79 Å². The zero-order chi connectivity index (χ0) is 13.2. The smallest absolute Gasteiger partial charge is 0.309 e. The predicted molar refractivity (Wildman–Crippen MR) is 76.3 cm³/mol. The number of para-hydroxylation sites is 1. The van der Waals surface area contributed by atoms with Gasteiger partial charge in [0.25, 0.3) is 0 Å². The Bertz CT molecular complexity index is 560. The molecular weight excluding hydrogens is 258 g/mol. The molecule has 1 aliphatic rings. The summed E-state index contributed by atoms with van der Waals surface area (Å²) in [6.07, 6.45) is 4.25. The molecule has 0 spiro atoms. The van der Waals surface area contributed by atoms with Crippen LogP contribution >= 0.6 is 11.3 Å². The van der Waals surface area contributed by atoms with Crippen molar-refractivity contribution in [3.05, 3.63) is 29.3 Å². The molecule has 0 saturated heterocycles. The van der Waals surface area contributed by atoms with E-state index in [1.54, 1.807) is 11.3 Å². The van der Waals surface area contributed by atoms with Gasteiger partial charge in [-0.25, -0.2) is 4.98 Å². The summed E-state index contributed by atoms with van der Waals surface area (Å²) in [6.45, 7) is 0. The molecule has 1 saturated carbocycles. The largest absolute Gasteiger partial charge is 0.469 e. The number of thiazole rings is 1. The Morgan fingerprint density at radius 2 is 2.11 bits per heavy atom. The van der Waals surface area contributed by atoms with Gasteiger partial charge in [-0.05, 0) is 25.0 Å². The van der Waals surface area contributed by atoms with E-state index in [9.17, 15) is 4.79 Å². The van der Waals surface area contributed by atoms with Crippen LogP contribution in [-0.4, -0.2) is 18.1 Å². The Kier molecular flexibility index (Phi) is 3.51. The van der Waals surface area contributed by atoms with Crippen molar-refractivity contribution in [2.24, 2.45) is 5.92 Å². The van der Waals surface area contributed by atoms with Crippen LogP contribution in [0.3, 0.4) is 0 Å². The summed E-state index contributed by atoms with van der Waals surface area (Å²) in [5, 5.41) is 1.09. The zero-order valence-corrected chi connectivity index (χ0v) is 11.8. The van der Waals surface area contributed by atoms with Crippen LogP contribution in [0.25, 0.3) is 10.2 Å². The van der Waals surface area contributed by atoms with Crippen LogP contribution in [0.15, 0.2) is 24.3 Å². The maximum atomic E-state index is 11.9. The van der Waals surface area contributed by atoms with Gasteiger partial charge in [0.05, 0.1) is 28.3 Å². The van der Waals surface area contributed by atoms with Crippen LogP contribution in [0, 0.1) is 5.92 Å². The van der Waals surface area contributed by atoms with Gasteiger partial charge in [0, 0.05) is 5.92 Å². The molecule has 0 N–H and O–H groups in total. The Hall–Kier alpha value is -1.42. The predicted octanol–water partition coefficient (Wildman–Crippen LogP) is 3.74. The second-order valence-corrected chi connectivity index (χ2v) is 6.10. The number of hydrogen-bond acceptors (Lipinski definition) is 4. The number of benzene rings is 1. The van der Waals surface area contributed by atoms with Gasteiger partial charge in [0.1, 0.15) is 0 Å². The maximum Gasteiger partial charge on any atom is 0.309 e. The molecule has 19 heavy (non-hydrogen) atoms. The van der Waals surface area contributed by atoms with Crippen LogP contribution in [0.2, 0.25) is 0 Å². The lowest BCUT2D eigenvalue weighted by atomic mass is 9.79. The molecule has 2 aromatic rings. The third-order valence-corrected chi connectivity index (χ3v) is 5.07. The van der Waals surface area contributed by atoms with Gasteiger partial charge in [0.15, 0.2) is 0 Å². The number of rotatable bonds is 2. The molecule has 1 aliphatic carbocycles. The number of aromatic nitrogens is 1. The van der Waals surface area contributed by atoms with Crippen molar-refractivity contribution >= 4 is 27.5 Å². The van der Waals surface area contributed by atoms with E-state index < -0.39 is 0 Å². The highest BCUT2D eigenvalue weighted by Gasteiger charge is 2.34. The number of ether oxygens (including phenoxy) is 1. The van der Waals surface area contributed by atoms with E-state index in [0.717, 1.165) is 29.8 Å². The highest BCUT2D eigenvalue weighted by molar-refractivity contribution is 7.18. The van der Waals surface area contributed by atoms with Gasteiger partial charge in [-0.1, -0.05) is 25.0 Å². The number of carbonyl (C=O) groups excluding carboxylic acids is 1. The van der Waals surface area contributed by atoms with Crippen molar-refractivity contribution in [2.45, 2.75) is 31.6 Å². The summed E-state index contributed by atoms with van der Waals surface area (Å²) in [5.41, 5.74) is 1.04. The molecule has 1 aromatic heterocycles. The first-order chi connectivity index (χ1) is 9.29. The van der Waals surface area contributed by atoms with Gasteiger partial charge < -0.3 is 4.74 Å². The van der Waals surface area contributed by atoms with Crippen LogP contribution < -0.4 is 0 Å². The molecule has 1 heterocycles.